The molecule has 0 saturated carbocycles. The second-order valence-electron chi connectivity index (χ2n) is 5.53. The maximum atomic E-state index is 11.8. The number of carbonyl (C=O) groups is 2. The van der Waals surface area contributed by atoms with E-state index in [1.165, 1.54) is 0 Å². The van der Waals surface area contributed by atoms with Crippen LogP contribution in [0, 0.1) is 0 Å². The first-order valence-electron chi connectivity index (χ1n) is 8.12. The predicted octanol–water partition coefficient (Wildman–Crippen LogP) is 2.10. The van der Waals surface area contributed by atoms with Crippen molar-refractivity contribution in [1.29, 1.82) is 0 Å². The summed E-state index contributed by atoms with van der Waals surface area (Å²) in [7, 11) is 0. The third-order valence-electron chi connectivity index (χ3n) is 3.60. The van der Waals surface area contributed by atoms with Crippen molar-refractivity contribution < 1.29 is 19.1 Å². The highest BCUT2D eigenvalue weighted by Gasteiger charge is 2.19. The summed E-state index contributed by atoms with van der Waals surface area (Å²) >= 11 is 0. The smallest absolute Gasteiger partial charge is 0.313 e. The second-order valence-corrected chi connectivity index (χ2v) is 5.53. The monoisotopic (exact) mass is 320 g/mol. The molecule has 2 amide bonds. The van der Waals surface area contributed by atoms with Gasteiger partial charge >= 0.3 is 11.8 Å². The van der Waals surface area contributed by atoms with Crippen LogP contribution in [-0.4, -0.2) is 37.7 Å². The van der Waals surface area contributed by atoms with Crippen molar-refractivity contribution in [2.45, 2.75) is 38.7 Å². The third kappa shape index (κ3) is 5.90. The van der Waals surface area contributed by atoms with E-state index < -0.39 is 11.8 Å². The number of rotatable bonds is 7. The van der Waals surface area contributed by atoms with Crippen LogP contribution in [0.1, 0.15) is 32.6 Å². The Morgan fingerprint density at radius 1 is 1.26 bits per heavy atom. The van der Waals surface area contributed by atoms with Crippen molar-refractivity contribution >= 4 is 17.5 Å². The molecule has 1 aliphatic heterocycles. The zero-order valence-electron chi connectivity index (χ0n) is 13.5. The minimum Gasteiger partial charge on any atom is -0.494 e. The van der Waals surface area contributed by atoms with Crippen LogP contribution < -0.4 is 15.4 Å². The molecule has 0 aliphatic carbocycles. The van der Waals surface area contributed by atoms with E-state index >= 15 is 0 Å². The van der Waals surface area contributed by atoms with Gasteiger partial charge in [0.2, 0.25) is 0 Å². The quantitative estimate of drug-likeness (QED) is 0.596. The van der Waals surface area contributed by atoms with Gasteiger partial charge < -0.3 is 20.1 Å². The van der Waals surface area contributed by atoms with E-state index in [2.05, 4.69) is 17.6 Å². The van der Waals surface area contributed by atoms with Crippen LogP contribution in [0.2, 0.25) is 0 Å². The van der Waals surface area contributed by atoms with Crippen LogP contribution in [0.3, 0.4) is 0 Å². The SMILES string of the molecule is CCCCOc1ccc(NC(=O)C(=O)NCC2CCCO2)cc1. The molecule has 2 N–H and O–H groups in total. The number of amides is 2. The number of ether oxygens (including phenoxy) is 2. The maximum absolute atomic E-state index is 11.8. The molecule has 1 atom stereocenters. The molecule has 126 valence electrons. The van der Waals surface area contributed by atoms with Crippen LogP contribution >= 0.6 is 0 Å². The number of anilines is 1. The molecule has 1 unspecified atom stereocenters. The summed E-state index contributed by atoms with van der Waals surface area (Å²) in [5.74, 6) is -0.578. The fourth-order valence-corrected chi connectivity index (χ4v) is 2.25. The highest BCUT2D eigenvalue weighted by atomic mass is 16.5. The molecule has 1 heterocycles. The number of hydrogen-bond donors (Lipinski definition) is 2. The Hall–Kier alpha value is -2.08. The molecule has 0 spiro atoms. The molecule has 1 saturated heterocycles. The van der Waals surface area contributed by atoms with Gasteiger partial charge in [0.15, 0.2) is 0 Å². The Labute approximate surface area is 136 Å². The average Bonchev–Trinajstić information content (AvgIpc) is 3.08. The van der Waals surface area contributed by atoms with E-state index in [4.69, 9.17) is 9.47 Å². The van der Waals surface area contributed by atoms with Gasteiger partial charge in [-0.05, 0) is 43.5 Å². The molecule has 23 heavy (non-hydrogen) atoms. The van der Waals surface area contributed by atoms with Gasteiger partial charge in [-0.2, -0.15) is 0 Å². The second kappa shape index (κ2) is 9.15. The molecule has 1 aliphatic rings. The molecule has 6 heteroatoms. The van der Waals surface area contributed by atoms with Gasteiger partial charge in [0.25, 0.3) is 0 Å². The molecule has 1 fully saturated rings. The first kappa shape index (κ1) is 17.3. The van der Waals surface area contributed by atoms with Gasteiger partial charge in [-0.3, -0.25) is 9.59 Å². The zero-order chi connectivity index (χ0) is 16.5. The largest absolute Gasteiger partial charge is 0.494 e. The fraction of sp³-hybridized carbons (Fsp3) is 0.529. The van der Waals surface area contributed by atoms with Crippen LogP contribution in [0.15, 0.2) is 24.3 Å². The summed E-state index contributed by atoms with van der Waals surface area (Å²) in [5.41, 5.74) is 0.560. The molecule has 0 aromatic heterocycles. The molecule has 6 nitrogen and oxygen atoms in total. The van der Waals surface area contributed by atoms with Crippen molar-refractivity contribution in [3.63, 3.8) is 0 Å². The topological polar surface area (TPSA) is 76.7 Å². The van der Waals surface area contributed by atoms with Gasteiger partial charge in [-0.1, -0.05) is 13.3 Å². The van der Waals surface area contributed by atoms with Gasteiger partial charge in [0.05, 0.1) is 12.7 Å². The molecular formula is C17H24N2O4. The first-order chi connectivity index (χ1) is 11.2. The number of carbonyl (C=O) groups excluding carboxylic acids is 2. The van der Waals surface area contributed by atoms with E-state index in [0.29, 0.717) is 18.8 Å². The Balaban J connectivity index is 1.74. The van der Waals surface area contributed by atoms with Crippen LogP contribution in [0.4, 0.5) is 5.69 Å². The summed E-state index contributed by atoms with van der Waals surface area (Å²) in [6.07, 6.45) is 4.02. The average molecular weight is 320 g/mol. The standard InChI is InChI=1S/C17H24N2O4/c1-2-3-10-22-14-8-6-13(7-9-14)19-17(21)16(20)18-12-15-5-4-11-23-15/h6-9,15H,2-5,10-12H2,1H3,(H,18,20)(H,19,21). The Morgan fingerprint density at radius 3 is 2.70 bits per heavy atom. The number of unbranched alkanes of at least 4 members (excludes halogenated alkanes) is 1. The minimum atomic E-state index is -0.678. The Kier molecular flexibility index (Phi) is 6.87. The van der Waals surface area contributed by atoms with Crippen LogP contribution in [-0.2, 0) is 14.3 Å². The summed E-state index contributed by atoms with van der Waals surface area (Å²) in [5, 5.41) is 5.15. The number of nitrogens with one attached hydrogen (secondary N) is 2. The minimum absolute atomic E-state index is 0.0197. The summed E-state index contributed by atoms with van der Waals surface area (Å²) in [6.45, 7) is 3.87. The summed E-state index contributed by atoms with van der Waals surface area (Å²) < 4.78 is 10.9. The van der Waals surface area contributed by atoms with Crippen molar-refractivity contribution in [1.82, 2.24) is 5.32 Å². The van der Waals surface area contributed by atoms with E-state index in [-0.39, 0.29) is 6.10 Å². The maximum Gasteiger partial charge on any atom is 0.313 e. The molecule has 1 aromatic rings. The van der Waals surface area contributed by atoms with Gasteiger partial charge in [-0.25, -0.2) is 0 Å². The lowest BCUT2D eigenvalue weighted by atomic mass is 10.2. The Morgan fingerprint density at radius 2 is 2.04 bits per heavy atom. The summed E-state index contributed by atoms with van der Waals surface area (Å²) in [4.78, 5) is 23.6. The normalized spacial score (nSPS) is 16.8. The lowest BCUT2D eigenvalue weighted by Crippen LogP contribution is -2.39. The molecule has 0 bridgehead atoms. The van der Waals surface area contributed by atoms with E-state index in [9.17, 15) is 9.59 Å². The molecule has 0 radical (unpaired) electrons. The van der Waals surface area contributed by atoms with Crippen molar-refractivity contribution in [2.75, 3.05) is 25.1 Å². The molecule has 1 aromatic carbocycles. The highest BCUT2D eigenvalue weighted by molar-refractivity contribution is 6.39. The van der Waals surface area contributed by atoms with Gasteiger partial charge in [0.1, 0.15) is 5.75 Å². The van der Waals surface area contributed by atoms with Gasteiger partial charge in [0, 0.05) is 18.8 Å². The lowest BCUT2D eigenvalue weighted by molar-refractivity contribution is -0.136. The molecular weight excluding hydrogens is 296 g/mol. The third-order valence-corrected chi connectivity index (χ3v) is 3.60. The van der Waals surface area contributed by atoms with E-state index in [0.717, 1.165) is 38.0 Å². The van der Waals surface area contributed by atoms with Gasteiger partial charge in [-0.15, -0.1) is 0 Å². The zero-order valence-corrected chi connectivity index (χ0v) is 13.5. The highest BCUT2D eigenvalue weighted by Crippen LogP contribution is 2.16. The Bertz CT molecular complexity index is 510. The van der Waals surface area contributed by atoms with E-state index in [1.54, 1.807) is 24.3 Å². The van der Waals surface area contributed by atoms with Crippen molar-refractivity contribution in [2.24, 2.45) is 0 Å². The van der Waals surface area contributed by atoms with Crippen molar-refractivity contribution in [3.8, 4) is 5.75 Å². The molecule has 2 rings (SSSR count). The first-order valence-corrected chi connectivity index (χ1v) is 8.12. The lowest BCUT2D eigenvalue weighted by Gasteiger charge is -2.11. The number of hydrogen-bond acceptors (Lipinski definition) is 4. The number of benzene rings is 1. The van der Waals surface area contributed by atoms with Crippen molar-refractivity contribution in [3.05, 3.63) is 24.3 Å². The predicted molar refractivity (Wildman–Crippen MR) is 87.5 cm³/mol. The fourth-order valence-electron chi connectivity index (χ4n) is 2.25. The van der Waals surface area contributed by atoms with Crippen LogP contribution in [0.5, 0.6) is 5.75 Å². The summed E-state index contributed by atoms with van der Waals surface area (Å²) in [6, 6.07) is 6.98. The van der Waals surface area contributed by atoms with Crippen LogP contribution in [0.25, 0.3) is 0 Å². The van der Waals surface area contributed by atoms with E-state index in [1.807, 2.05) is 0 Å².